The zero-order valence-corrected chi connectivity index (χ0v) is 18.2. The van der Waals surface area contributed by atoms with E-state index in [2.05, 4.69) is 43.3 Å². The molecule has 158 valence electrons. The molecule has 1 unspecified atom stereocenters. The molecule has 3 atom stereocenters. The van der Waals surface area contributed by atoms with Gasteiger partial charge in [0.1, 0.15) is 5.75 Å². The maximum atomic E-state index is 11.6. The Morgan fingerprint density at radius 2 is 2.03 bits per heavy atom. The predicted octanol–water partition coefficient (Wildman–Crippen LogP) is 5.55. The highest BCUT2D eigenvalue weighted by Gasteiger charge is 2.46. The van der Waals surface area contributed by atoms with Gasteiger partial charge in [-0.15, -0.1) is 0 Å². The van der Waals surface area contributed by atoms with Crippen LogP contribution in [0.25, 0.3) is 0 Å². The van der Waals surface area contributed by atoms with Crippen molar-refractivity contribution >= 4 is 5.97 Å². The van der Waals surface area contributed by atoms with E-state index >= 15 is 0 Å². The molecule has 3 heteroatoms. The van der Waals surface area contributed by atoms with Crippen LogP contribution in [0, 0.1) is 18.3 Å². The van der Waals surface area contributed by atoms with Crippen LogP contribution in [0.5, 0.6) is 5.75 Å². The summed E-state index contributed by atoms with van der Waals surface area (Å²) in [5, 5.41) is 0. The highest BCUT2D eigenvalue weighted by atomic mass is 16.5. The van der Waals surface area contributed by atoms with Gasteiger partial charge in [0, 0.05) is 5.41 Å². The number of carbonyl (C=O) groups is 1. The van der Waals surface area contributed by atoms with Gasteiger partial charge in [0.25, 0.3) is 0 Å². The van der Waals surface area contributed by atoms with Gasteiger partial charge in [-0.3, -0.25) is 4.79 Å². The summed E-state index contributed by atoms with van der Waals surface area (Å²) in [5.74, 6) is 2.25. The van der Waals surface area contributed by atoms with Gasteiger partial charge in [0.2, 0.25) is 0 Å². The first-order chi connectivity index (χ1) is 14.5. The average molecular weight is 405 g/mol. The van der Waals surface area contributed by atoms with Gasteiger partial charge in [0.05, 0.1) is 20.1 Å². The predicted molar refractivity (Wildman–Crippen MR) is 118 cm³/mol. The average Bonchev–Trinajstić information content (AvgIpc) is 3.34. The van der Waals surface area contributed by atoms with E-state index in [1.165, 1.54) is 47.9 Å². The first kappa shape index (κ1) is 19.7. The Kier molecular flexibility index (Phi) is 5.08. The summed E-state index contributed by atoms with van der Waals surface area (Å²) in [6.45, 7) is 2.83. The van der Waals surface area contributed by atoms with E-state index in [0.717, 1.165) is 25.0 Å². The SMILES string of the molecule is COc1ccc(C[C@@H]2CCc3cc([C@H]4CCC5(COC(=O)C5)C4)ccc3C2)c(C)c1. The summed E-state index contributed by atoms with van der Waals surface area (Å²) in [7, 11) is 1.73. The molecule has 2 fully saturated rings. The third kappa shape index (κ3) is 3.75. The van der Waals surface area contributed by atoms with Gasteiger partial charge in [-0.2, -0.15) is 0 Å². The fourth-order valence-corrected chi connectivity index (χ4v) is 6.04. The molecular formula is C27H32O3. The molecule has 0 N–H and O–H groups in total. The second-order valence-electron chi connectivity index (χ2n) is 9.91. The van der Waals surface area contributed by atoms with Crippen molar-refractivity contribution in [2.75, 3.05) is 13.7 Å². The number of benzene rings is 2. The van der Waals surface area contributed by atoms with Gasteiger partial charge < -0.3 is 9.47 Å². The standard InChI is InChI=1S/C27H32O3/c1-18-11-25(29-2)8-7-20(18)12-19-3-4-22-14-23(6-5-21(22)13-19)24-9-10-27(15-24)16-26(28)30-17-27/h5-8,11,14,19,24H,3-4,9-10,12-13,15-17H2,1-2H3/t19-,24-,27?/m0/s1. The van der Waals surface area contributed by atoms with Gasteiger partial charge >= 0.3 is 5.97 Å². The summed E-state index contributed by atoms with van der Waals surface area (Å²) < 4.78 is 10.7. The molecule has 1 spiro atoms. The number of rotatable bonds is 4. The molecule has 1 heterocycles. The lowest BCUT2D eigenvalue weighted by molar-refractivity contribution is -0.137. The van der Waals surface area contributed by atoms with Crippen molar-refractivity contribution in [3.8, 4) is 5.75 Å². The van der Waals surface area contributed by atoms with E-state index in [1.54, 1.807) is 12.7 Å². The number of methoxy groups -OCH3 is 1. The second kappa shape index (κ2) is 7.76. The molecule has 3 nitrogen and oxygen atoms in total. The third-order valence-electron chi connectivity index (χ3n) is 7.85. The molecule has 1 aliphatic heterocycles. The second-order valence-corrected chi connectivity index (χ2v) is 9.91. The van der Waals surface area contributed by atoms with E-state index in [-0.39, 0.29) is 11.4 Å². The van der Waals surface area contributed by atoms with Gasteiger partial charge in [0.15, 0.2) is 0 Å². The minimum absolute atomic E-state index is 0.000713. The lowest BCUT2D eigenvalue weighted by Crippen LogP contribution is -2.18. The topological polar surface area (TPSA) is 35.5 Å². The van der Waals surface area contributed by atoms with Crippen LogP contribution in [-0.2, 0) is 28.8 Å². The smallest absolute Gasteiger partial charge is 0.306 e. The molecule has 1 saturated heterocycles. The minimum Gasteiger partial charge on any atom is -0.497 e. The van der Waals surface area contributed by atoms with Gasteiger partial charge in [-0.05, 0) is 104 Å². The Balaban J connectivity index is 1.26. The molecule has 30 heavy (non-hydrogen) atoms. The van der Waals surface area contributed by atoms with E-state index in [4.69, 9.17) is 9.47 Å². The van der Waals surface area contributed by atoms with E-state index in [9.17, 15) is 4.79 Å². The van der Waals surface area contributed by atoms with Crippen molar-refractivity contribution in [2.24, 2.45) is 11.3 Å². The number of hydrogen-bond acceptors (Lipinski definition) is 3. The molecule has 2 aromatic carbocycles. The summed E-state index contributed by atoms with van der Waals surface area (Å²) in [4.78, 5) is 11.6. The number of carbonyl (C=O) groups excluding carboxylic acids is 1. The quantitative estimate of drug-likeness (QED) is 0.627. The number of esters is 1. The van der Waals surface area contributed by atoms with Crippen LogP contribution < -0.4 is 4.74 Å². The molecule has 0 amide bonds. The third-order valence-corrected chi connectivity index (χ3v) is 7.85. The molecule has 2 aromatic rings. The highest BCUT2D eigenvalue weighted by molar-refractivity contribution is 5.72. The number of fused-ring (bicyclic) bond motifs is 1. The lowest BCUT2D eigenvalue weighted by Gasteiger charge is -2.27. The van der Waals surface area contributed by atoms with Crippen LogP contribution in [0.1, 0.15) is 65.8 Å². The van der Waals surface area contributed by atoms with Gasteiger partial charge in [-0.25, -0.2) is 0 Å². The molecule has 2 aliphatic carbocycles. The summed E-state index contributed by atoms with van der Waals surface area (Å²) >= 11 is 0. The zero-order chi connectivity index (χ0) is 20.7. The van der Waals surface area contributed by atoms with Crippen molar-refractivity contribution < 1.29 is 14.3 Å². The van der Waals surface area contributed by atoms with Crippen molar-refractivity contribution in [1.29, 1.82) is 0 Å². The molecule has 3 aliphatic rings. The largest absolute Gasteiger partial charge is 0.497 e. The molecule has 0 bridgehead atoms. The molecule has 0 radical (unpaired) electrons. The van der Waals surface area contributed by atoms with Crippen molar-refractivity contribution in [2.45, 2.75) is 64.2 Å². The maximum absolute atomic E-state index is 11.6. The number of hydrogen-bond donors (Lipinski definition) is 0. The summed E-state index contributed by atoms with van der Waals surface area (Å²) in [6, 6.07) is 13.7. The van der Waals surface area contributed by atoms with Crippen molar-refractivity contribution in [1.82, 2.24) is 0 Å². The Bertz CT molecular complexity index is 963. The number of ether oxygens (including phenoxy) is 2. The first-order valence-corrected chi connectivity index (χ1v) is 11.4. The van der Waals surface area contributed by atoms with E-state index in [1.807, 2.05) is 0 Å². The van der Waals surface area contributed by atoms with Crippen LogP contribution in [0.4, 0.5) is 0 Å². The Morgan fingerprint density at radius 3 is 2.80 bits per heavy atom. The normalized spacial score (nSPS) is 27.9. The molecule has 1 saturated carbocycles. The maximum Gasteiger partial charge on any atom is 0.306 e. The van der Waals surface area contributed by atoms with Crippen molar-refractivity contribution in [3.05, 3.63) is 64.2 Å². The summed E-state index contributed by atoms with van der Waals surface area (Å²) in [5.41, 5.74) is 7.47. The molecule has 0 aromatic heterocycles. The number of aryl methyl sites for hydroxylation is 2. The summed E-state index contributed by atoms with van der Waals surface area (Å²) in [6.07, 6.45) is 8.83. The van der Waals surface area contributed by atoms with Gasteiger partial charge in [-0.1, -0.05) is 24.3 Å². The Hall–Kier alpha value is -2.29. The van der Waals surface area contributed by atoms with Crippen LogP contribution in [0.15, 0.2) is 36.4 Å². The lowest BCUT2D eigenvalue weighted by atomic mass is 9.78. The first-order valence-electron chi connectivity index (χ1n) is 11.4. The molecule has 5 rings (SSSR count). The van der Waals surface area contributed by atoms with Crippen LogP contribution >= 0.6 is 0 Å². The fourth-order valence-electron chi connectivity index (χ4n) is 6.04. The molecular weight excluding hydrogens is 372 g/mol. The van der Waals surface area contributed by atoms with Crippen molar-refractivity contribution in [3.63, 3.8) is 0 Å². The Morgan fingerprint density at radius 1 is 1.13 bits per heavy atom. The minimum atomic E-state index is -0.000713. The zero-order valence-electron chi connectivity index (χ0n) is 18.2. The van der Waals surface area contributed by atoms with E-state index < -0.39 is 0 Å². The van der Waals surface area contributed by atoms with Crippen LogP contribution in [-0.4, -0.2) is 19.7 Å². The highest BCUT2D eigenvalue weighted by Crippen LogP contribution is 2.51. The fraction of sp³-hybridized carbons (Fsp3) is 0.519. The monoisotopic (exact) mass is 404 g/mol. The Labute approximate surface area is 179 Å². The number of cyclic esters (lactones) is 1. The van der Waals surface area contributed by atoms with Crippen LogP contribution in [0.3, 0.4) is 0 Å². The van der Waals surface area contributed by atoms with E-state index in [0.29, 0.717) is 24.9 Å². The van der Waals surface area contributed by atoms with Crippen LogP contribution in [0.2, 0.25) is 0 Å².